The van der Waals surface area contributed by atoms with Crippen molar-refractivity contribution in [2.75, 3.05) is 12.8 Å². The molecule has 3 heteroatoms. The van der Waals surface area contributed by atoms with Crippen molar-refractivity contribution in [2.24, 2.45) is 0 Å². The van der Waals surface area contributed by atoms with Crippen LogP contribution in [0.25, 0.3) is 0 Å². The molecule has 0 aliphatic carbocycles. The maximum atomic E-state index is 3.56. The van der Waals surface area contributed by atoms with Gasteiger partial charge in [0.2, 0.25) is 0 Å². The molecule has 0 aliphatic heterocycles. The summed E-state index contributed by atoms with van der Waals surface area (Å²) in [6, 6.07) is 6.96. The molecular weight excluding hydrogens is 282 g/mol. The minimum atomic E-state index is 0.418. The minimum absolute atomic E-state index is 0.418. The number of aryl methyl sites for hydroxylation is 1. The van der Waals surface area contributed by atoms with Crippen molar-refractivity contribution < 1.29 is 0 Å². The molecule has 2 unspecified atom stereocenters. The van der Waals surface area contributed by atoms with Crippen molar-refractivity contribution in [3.8, 4) is 0 Å². The monoisotopic (exact) mass is 301 g/mol. The van der Waals surface area contributed by atoms with Crippen molar-refractivity contribution >= 4 is 27.7 Å². The lowest BCUT2D eigenvalue weighted by atomic mass is 10.1. The van der Waals surface area contributed by atoms with Gasteiger partial charge >= 0.3 is 0 Å². The maximum absolute atomic E-state index is 3.56. The second-order valence-electron chi connectivity index (χ2n) is 4.18. The quantitative estimate of drug-likeness (QED) is 0.876. The van der Waals surface area contributed by atoms with E-state index in [1.807, 2.05) is 11.8 Å². The number of halogens is 1. The second-order valence-corrected chi connectivity index (χ2v) is 6.32. The first kappa shape index (κ1) is 14.1. The number of thioether (sulfide) groups is 1. The van der Waals surface area contributed by atoms with E-state index in [0.29, 0.717) is 11.3 Å². The number of benzene rings is 1. The van der Waals surface area contributed by atoms with E-state index in [9.17, 15) is 0 Å². The van der Waals surface area contributed by atoms with Crippen LogP contribution in [0.1, 0.15) is 31.0 Å². The summed E-state index contributed by atoms with van der Waals surface area (Å²) < 4.78 is 1.18. The van der Waals surface area contributed by atoms with Crippen LogP contribution < -0.4 is 5.32 Å². The lowest BCUT2D eigenvalue weighted by Gasteiger charge is -2.17. The van der Waals surface area contributed by atoms with E-state index in [0.717, 1.165) is 6.54 Å². The average Bonchev–Trinajstić information content (AvgIpc) is 2.29. The fourth-order valence-corrected chi connectivity index (χ4v) is 1.99. The molecule has 1 rings (SSSR count). The Labute approximate surface area is 112 Å². The Hall–Kier alpha value is 0.01000. The molecule has 0 aliphatic rings. The number of hydrogen-bond acceptors (Lipinski definition) is 2. The Morgan fingerprint density at radius 1 is 1.38 bits per heavy atom. The summed E-state index contributed by atoms with van der Waals surface area (Å²) in [6.07, 6.45) is 2.15. The molecule has 0 radical (unpaired) electrons. The highest BCUT2D eigenvalue weighted by Gasteiger charge is 2.07. The zero-order valence-electron chi connectivity index (χ0n) is 10.4. The van der Waals surface area contributed by atoms with Gasteiger partial charge in [0, 0.05) is 22.3 Å². The van der Waals surface area contributed by atoms with Gasteiger partial charge in [-0.2, -0.15) is 11.8 Å². The summed E-state index contributed by atoms with van der Waals surface area (Å²) in [6.45, 7) is 7.65. The van der Waals surface area contributed by atoms with E-state index >= 15 is 0 Å². The van der Waals surface area contributed by atoms with Crippen LogP contribution in [0.15, 0.2) is 22.7 Å². The van der Waals surface area contributed by atoms with E-state index in [-0.39, 0.29) is 0 Å². The summed E-state index contributed by atoms with van der Waals surface area (Å²) in [5.74, 6) is 0. The molecule has 1 N–H and O–H groups in total. The van der Waals surface area contributed by atoms with E-state index in [1.165, 1.54) is 15.6 Å². The summed E-state index contributed by atoms with van der Waals surface area (Å²) >= 11 is 5.43. The number of rotatable bonds is 5. The van der Waals surface area contributed by atoms with Gasteiger partial charge in [-0.3, -0.25) is 0 Å². The van der Waals surface area contributed by atoms with Crippen LogP contribution in [0.5, 0.6) is 0 Å². The molecule has 2 atom stereocenters. The van der Waals surface area contributed by atoms with Gasteiger partial charge in [0.25, 0.3) is 0 Å². The summed E-state index contributed by atoms with van der Waals surface area (Å²) in [5, 5.41) is 4.23. The van der Waals surface area contributed by atoms with Gasteiger partial charge in [0.1, 0.15) is 0 Å². The van der Waals surface area contributed by atoms with Gasteiger partial charge in [-0.05, 0) is 37.3 Å². The first-order valence-corrected chi connectivity index (χ1v) is 7.65. The van der Waals surface area contributed by atoms with Crippen LogP contribution in [0.3, 0.4) is 0 Å². The fraction of sp³-hybridized carbons (Fsp3) is 0.538. The van der Waals surface area contributed by atoms with Gasteiger partial charge < -0.3 is 5.32 Å². The third-order valence-corrected chi connectivity index (χ3v) is 4.66. The van der Waals surface area contributed by atoms with Crippen molar-refractivity contribution in [3.05, 3.63) is 33.8 Å². The maximum Gasteiger partial charge on any atom is 0.0292 e. The SMILES string of the molecule is CSC(C)CNC(C)c1ccc(Br)c(C)c1. The highest BCUT2D eigenvalue weighted by Crippen LogP contribution is 2.21. The molecule has 1 aromatic carbocycles. The lowest BCUT2D eigenvalue weighted by Crippen LogP contribution is -2.25. The first-order chi connectivity index (χ1) is 7.54. The second kappa shape index (κ2) is 6.67. The third-order valence-electron chi connectivity index (χ3n) is 2.80. The van der Waals surface area contributed by atoms with E-state index in [1.54, 1.807) is 0 Å². The highest BCUT2D eigenvalue weighted by atomic mass is 79.9. The molecule has 90 valence electrons. The Bertz CT molecular complexity index is 341. The standard InChI is InChI=1S/C13H20BrNS/c1-9-7-12(5-6-13(9)14)11(3)15-8-10(2)16-4/h5-7,10-11,15H,8H2,1-4H3. The largest absolute Gasteiger partial charge is 0.309 e. The van der Waals surface area contributed by atoms with Gasteiger partial charge in [-0.25, -0.2) is 0 Å². The molecule has 0 aromatic heterocycles. The van der Waals surface area contributed by atoms with E-state index in [4.69, 9.17) is 0 Å². The third kappa shape index (κ3) is 4.11. The van der Waals surface area contributed by atoms with Crippen LogP contribution >= 0.6 is 27.7 Å². The zero-order valence-corrected chi connectivity index (χ0v) is 12.8. The van der Waals surface area contributed by atoms with E-state index < -0.39 is 0 Å². The van der Waals surface area contributed by atoms with Crippen LogP contribution in [0, 0.1) is 6.92 Å². The van der Waals surface area contributed by atoms with Crippen molar-refractivity contribution in [2.45, 2.75) is 32.1 Å². The van der Waals surface area contributed by atoms with Crippen molar-refractivity contribution in [3.63, 3.8) is 0 Å². The first-order valence-electron chi connectivity index (χ1n) is 5.56. The Balaban J connectivity index is 2.59. The highest BCUT2D eigenvalue weighted by molar-refractivity contribution is 9.10. The zero-order chi connectivity index (χ0) is 12.1. The van der Waals surface area contributed by atoms with E-state index in [2.05, 4.69) is 66.5 Å². The summed E-state index contributed by atoms with van der Waals surface area (Å²) in [7, 11) is 0. The van der Waals surface area contributed by atoms with Crippen LogP contribution in [-0.4, -0.2) is 18.1 Å². The fourth-order valence-electron chi connectivity index (χ4n) is 1.48. The van der Waals surface area contributed by atoms with Gasteiger partial charge in [-0.1, -0.05) is 35.0 Å². The normalized spacial score (nSPS) is 14.8. The Morgan fingerprint density at radius 3 is 2.62 bits per heavy atom. The van der Waals surface area contributed by atoms with Gasteiger partial charge in [-0.15, -0.1) is 0 Å². The van der Waals surface area contributed by atoms with Crippen LogP contribution in [0.4, 0.5) is 0 Å². The van der Waals surface area contributed by atoms with Crippen LogP contribution in [-0.2, 0) is 0 Å². The predicted molar refractivity (Wildman–Crippen MR) is 78.3 cm³/mol. The Morgan fingerprint density at radius 2 is 2.06 bits per heavy atom. The Kier molecular flexibility index (Phi) is 5.87. The lowest BCUT2D eigenvalue weighted by molar-refractivity contribution is 0.576. The van der Waals surface area contributed by atoms with Gasteiger partial charge in [0.15, 0.2) is 0 Å². The molecule has 0 saturated heterocycles. The molecule has 1 nitrogen and oxygen atoms in total. The molecular formula is C13H20BrNS. The summed E-state index contributed by atoms with van der Waals surface area (Å²) in [5.41, 5.74) is 2.65. The molecule has 0 heterocycles. The molecule has 1 aromatic rings. The van der Waals surface area contributed by atoms with Crippen molar-refractivity contribution in [1.82, 2.24) is 5.32 Å². The molecule has 0 spiro atoms. The van der Waals surface area contributed by atoms with Crippen molar-refractivity contribution in [1.29, 1.82) is 0 Å². The minimum Gasteiger partial charge on any atom is -0.309 e. The molecule has 16 heavy (non-hydrogen) atoms. The molecule has 0 amide bonds. The molecule has 0 bridgehead atoms. The molecule has 0 saturated carbocycles. The molecule has 0 fully saturated rings. The predicted octanol–water partition coefficient (Wildman–Crippen LogP) is 4.16. The summed E-state index contributed by atoms with van der Waals surface area (Å²) in [4.78, 5) is 0. The topological polar surface area (TPSA) is 12.0 Å². The van der Waals surface area contributed by atoms with Crippen LogP contribution in [0.2, 0.25) is 0 Å². The average molecular weight is 302 g/mol. The number of hydrogen-bond donors (Lipinski definition) is 1. The number of nitrogens with one attached hydrogen (secondary N) is 1. The van der Waals surface area contributed by atoms with Gasteiger partial charge in [0.05, 0.1) is 0 Å². The smallest absolute Gasteiger partial charge is 0.0292 e.